The number of aromatic nitrogens is 1. The highest BCUT2D eigenvalue weighted by Gasteiger charge is 2.19. The van der Waals surface area contributed by atoms with Crippen LogP contribution in [0.25, 0.3) is 22.5 Å². The van der Waals surface area contributed by atoms with Crippen LogP contribution < -0.4 is 4.74 Å². The summed E-state index contributed by atoms with van der Waals surface area (Å²) in [6.45, 7) is 0. The van der Waals surface area contributed by atoms with Crippen LogP contribution in [-0.2, 0) is 0 Å². The summed E-state index contributed by atoms with van der Waals surface area (Å²) in [7, 11) is 1.65. The third kappa shape index (κ3) is 1.38. The zero-order valence-electron chi connectivity index (χ0n) is 8.12. The number of hydrogen-bond donors (Lipinski definition) is 0. The number of rotatable bonds is 2. The van der Waals surface area contributed by atoms with E-state index in [1.165, 1.54) is 5.56 Å². The highest BCUT2D eigenvalue weighted by atomic mass is 35.5. The third-order valence-corrected chi connectivity index (χ3v) is 2.71. The Kier molecular flexibility index (Phi) is 1.73. The predicted molar refractivity (Wildman–Crippen MR) is 60.2 cm³/mol. The van der Waals surface area contributed by atoms with Crippen LogP contribution in [0.1, 0.15) is 0 Å². The van der Waals surface area contributed by atoms with Crippen molar-refractivity contribution in [3.63, 3.8) is 0 Å². The summed E-state index contributed by atoms with van der Waals surface area (Å²) in [5.41, 5.74) is 4.17. The van der Waals surface area contributed by atoms with Crippen LogP contribution in [0.15, 0.2) is 30.3 Å². The topological polar surface area (TPSA) is 22.1 Å². The van der Waals surface area contributed by atoms with Crippen molar-refractivity contribution < 1.29 is 4.74 Å². The highest BCUT2D eigenvalue weighted by Crippen LogP contribution is 2.40. The van der Waals surface area contributed by atoms with E-state index >= 15 is 0 Å². The van der Waals surface area contributed by atoms with Crippen LogP contribution in [0.2, 0.25) is 5.02 Å². The molecular formula is C12H8ClNO. The van der Waals surface area contributed by atoms with Crippen molar-refractivity contribution in [1.29, 1.82) is 0 Å². The summed E-state index contributed by atoms with van der Waals surface area (Å²) in [6, 6.07) is 9.63. The summed E-state index contributed by atoms with van der Waals surface area (Å²) in [5.74, 6) is 0.803. The Morgan fingerprint density at radius 1 is 1.13 bits per heavy atom. The Balaban J connectivity index is 2.15. The summed E-state index contributed by atoms with van der Waals surface area (Å²) >= 11 is 5.95. The quantitative estimate of drug-likeness (QED) is 0.657. The number of benzene rings is 1. The second-order valence-corrected chi connectivity index (χ2v) is 3.91. The van der Waals surface area contributed by atoms with Crippen LogP contribution >= 0.6 is 11.6 Å². The first kappa shape index (κ1) is 8.74. The smallest absolute Gasteiger partial charge is 0.128 e. The normalized spacial score (nSPS) is 11.3. The second-order valence-electron chi connectivity index (χ2n) is 3.47. The molecule has 0 unspecified atom stereocenters. The lowest BCUT2D eigenvalue weighted by Gasteiger charge is -2.06. The van der Waals surface area contributed by atoms with E-state index in [-0.39, 0.29) is 0 Å². The maximum atomic E-state index is 5.95. The lowest BCUT2D eigenvalue weighted by atomic mass is 10.1. The number of fused-ring (bicyclic) bond motifs is 1. The van der Waals surface area contributed by atoms with E-state index in [9.17, 15) is 0 Å². The Morgan fingerprint density at radius 2 is 1.93 bits per heavy atom. The first-order valence-corrected chi connectivity index (χ1v) is 5.02. The zero-order chi connectivity index (χ0) is 10.4. The van der Waals surface area contributed by atoms with Gasteiger partial charge in [0.05, 0.1) is 18.5 Å². The molecule has 1 aromatic rings. The average molecular weight is 218 g/mol. The average Bonchev–Trinajstić information content (AvgIpc) is 2.86. The minimum absolute atomic E-state index is 0.696. The molecule has 1 aromatic carbocycles. The van der Waals surface area contributed by atoms with Gasteiger partial charge in [-0.25, -0.2) is 4.98 Å². The molecule has 2 aliphatic rings. The Bertz CT molecular complexity index is 531. The van der Waals surface area contributed by atoms with Crippen LogP contribution in [-0.4, -0.2) is 12.1 Å². The SMILES string of the molecule is COc1ccc(Cl)cc1-c1cc2cc-2n1. The molecule has 0 saturated carbocycles. The van der Waals surface area contributed by atoms with Gasteiger partial charge in [-0.2, -0.15) is 0 Å². The van der Waals surface area contributed by atoms with Crippen molar-refractivity contribution in [3.8, 4) is 28.3 Å². The molecule has 0 N–H and O–H groups in total. The van der Waals surface area contributed by atoms with E-state index in [2.05, 4.69) is 4.98 Å². The monoisotopic (exact) mass is 217 g/mol. The maximum Gasteiger partial charge on any atom is 0.128 e. The number of ether oxygens (including phenoxy) is 1. The molecule has 2 nitrogen and oxygen atoms in total. The summed E-state index contributed by atoms with van der Waals surface area (Å²) in [6.07, 6.45) is 0. The molecule has 0 fully saturated rings. The van der Waals surface area contributed by atoms with Gasteiger partial charge < -0.3 is 4.74 Å². The second kappa shape index (κ2) is 2.97. The molecule has 0 spiro atoms. The highest BCUT2D eigenvalue weighted by molar-refractivity contribution is 6.31. The zero-order valence-corrected chi connectivity index (χ0v) is 8.88. The van der Waals surface area contributed by atoms with Gasteiger partial charge in [0, 0.05) is 16.1 Å². The Hall–Kier alpha value is -1.54. The molecule has 0 radical (unpaired) electrons. The van der Waals surface area contributed by atoms with Crippen molar-refractivity contribution in [2.75, 3.05) is 7.11 Å². The van der Waals surface area contributed by atoms with Gasteiger partial charge in [-0.15, -0.1) is 0 Å². The molecule has 0 saturated heterocycles. The fourth-order valence-electron chi connectivity index (χ4n) is 1.65. The summed E-state index contributed by atoms with van der Waals surface area (Å²) in [4.78, 5) is 4.43. The fraction of sp³-hybridized carbons (Fsp3) is 0.0833. The maximum absolute atomic E-state index is 5.95. The van der Waals surface area contributed by atoms with Crippen molar-refractivity contribution >= 4 is 11.6 Å². The van der Waals surface area contributed by atoms with Crippen LogP contribution in [0.5, 0.6) is 5.75 Å². The first-order chi connectivity index (χ1) is 7.28. The summed E-state index contributed by atoms with van der Waals surface area (Å²) < 4.78 is 5.27. The van der Waals surface area contributed by atoms with Crippen LogP contribution in [0, 0.1) is 0 Å². The number of halogens is 1. The molecule has 74 valence electrons. The molecule has 15 heavy (non-hydrogen) atoms. The molecule has 0 bridgehead atoms. The van der Waals surface area contributed by atoms with Gasteiger partial charge in [-0.05, 0) is 30.3 Å². The minimum atomic E-state index is 0.696. The van der Waals surface area contributed by atoms with Gasteiger partial charge in [0.1, 0.15) is 5.75 Å². The first-order valence-electron chi connectivity index (χ1n) is 4.64. The van der Waals surface area contributed by atoms with Gasteiger partial charge in [0.25, 0.3) is 0 Å². The lowest BCUT2D eigenvalue weighted by molar-refractivity contribution is 0.416. The fourth-order valence-corrected chi connectivity index (χ4v) is 1.82. The largest absolute Gasteiger partial charge is 0.496 e. The molecule has 0 aromatic heterocycles. The molecular weight excluding hydrogens is 210 g/mol. The molecule has 3 rings (SSSR count). The molecule has 1 heterocycles. The third-order valence-electron chi connectivity index (χ3n) is 2.48. The summed E-state index contributed by atoms with van der Waals surface area (Å²) in [5, 5.41) is 0.696. The van der Waals surface area contributed by atoms with E-state index in [1.54, 1.807) is 7.11 Å². The van der Waals surface area contributed by atoms with Gasteiger partial charge in [-0.3, -0.25) is 0 Å². The number of pyridine rings is 1. The number of methoxy groups -OCH3 is 1. The van der Waals surface area contributed by atoms with Gasteiger partial charge >= 0.3 is 0 Å². The van der Waals surface area contributed by atoms with E-state index in [1.807, 2.05) is 30.3 Å². The van der Waals surface area contributed by atoms with E-state index in [0.717, 1.165) is 22.7 Å². The number of hydrogen-bond acceptors (Lipinski definition) is 2. The molecule has 1 aliphatic carbocycles. The lowest BCUT2D eigenvalue weighted by Crippen LogP contribution is -1.87. The predicted octanol–water partition coefficient (Wildman–Crippen LogP) is 3.39. The molecule has 0 atom stereocenters. The van der Waals surface area contributed by atoms with Gasteiger partial charge in [-0.1, -0.05) is 11.6 Å². The van der Waals surface area contributed by atoms with E-state index in [4.69, 9.17) is 16.3 Å². The molecule has 3 heteroatoms. The molecule has 1 aliphatic heterocycles. The minimum Gasteiger partial charge on any atom is -0.496 e. The van der Waals surface area contributed by atoms with E-state index in [0.29, 0.717) is 5.02 Å². The van der Waals surface area contributed by atoms with Crippen molar-refractivity contribution in [2.24, 2.45) is 0 Å². The Labute approximate surface area is 92.5 Å². The van der Waals surface area contributed by atoms with E-state index < -0.39 is 0 Å². The van der Waals surface area contributed by atoms with Crippen molar-refractivity contribution in [3.05, 3.63) is 35.4 Å². The van der Waals surface area contributed by atoms with Crippen molar-refractivity contribution in [2.45, 2.75) is 0 Å². The molecule has 0 amide bonds. The Morgan fingerprint density at radius 3 is 2.60 bits per heavy atom. The van der Waals surface area contributed by atoms with Crippen LogP contribution in [0.3, 0.4) is 0 Å². The number of nitrogens with zero attached hydrogens (tertiary/aromatic N) is 1. The van der Waals surface area contributed by atoms with Crippen molar-refractivity contribution in [1.82, 2.24) is 4.98 Å². The van der Waals surface area contributed by atoms with Crippen LogP contribution in [0.4, 0.5) is 0 Å². The van der Waals surface area contributed by atoms with Gasteiger partial charge in [0.2, 0.25) is 0 Å². The van der Waals surface area contributed by atoms with Gasteiger partial charge in [0.15, 0.2) is 0 Å². The standard InChI is InChI=1S/C12H8ClNO/c1-15-12-3-2-8(13)6-9(12)11-5-7-4-10(7)14-11/h2-6H,1H3.